The Kier molecular flexibility index (Phi) is 4.04. The third-order valence-corrected chi connectivity index (χ3v) is 4.16. The molecular weight excluding hydrogens is 327 g/mol. The van der Waals surface area contributed by atoms with E-state index in [1.165, 1.54) is 0 Å². The van der Waals surface area contributed by atoms with Crippen molar-refractivity contribution < 1.29 is 4.79 Å². The van der Waals surface area contributed by atoms with E-state index in [1.54, 1.807) is 0 Å². The van der Waals surface area contributed by atoms with Crippen molar-refractivity contribution in [1.82, 2.24) is 5.32 Å². The van der Waals surface area contributed by atoms with E-state index in [9.17, 15) is 4.79 Å². The summed E-state index contributed by atoms with van der Waals surface area (Å²) in [5.74, 6) is -0.00579. The van der Waals surface area contributed by atoms with Crippen molar-refractivity contribution in [2.24, 2.45) is 5.73 Å². The summed E-state index contributed by atoms with van der Waals surface area (Å²) in [6, 6.07) is 7.60. The standard InChI is InChI=1S/C13H17IN2O/c14-11-5-3-10(4-6-11)12(17)16-13(9-15)7-1-2-8-13/h3-6H,1-2,7-9,15H2,(H,16,17). The lowest BCUT2D eigenvalue weighted by molar-refractivity contribution is 0.0903. The largest absolute Gasteiger partial charge is 0.345 e. The number of halogens is 1. The highest BCUT2D eigenvalue weighted by molar-refractivity contribution is 14.1. The molecule has 1 aliphatic carbocycles. The zero-order valence-electron chi connectivity index (χ0n) is 9.71. The van der Waals surface area contributed by atoms with Crippen molar-refractivity contribution in [2.75, 3.05) is 6.54 Å². The Labute approximate surface area is 115 Å². The maximum absolute atomic E-state index is 12.1. The Morgan fingerprint density at radius 1 is 1.29 bits per heavy atom. The first kappa shape index (κ1) is 12.8. The van der Waals surface area contributed by atoms with Crippen LogP contribution in [-0.2, 0) is 0 Å². The Morgan fingerprint density at radius 2 is 1.88 bits per heavy atom. The van der Waals surface area contributed by atoms with Crippen molar-refractivity contribution >= 4 is 28.5 Å². The van der Waals surface area contributed by atoms with E-state index in [-0.39, 0.29) is 11.4 Å². The zero-order chi connectivity index (χ0) is 12.3. The highest BCUT2D eigenvalue weighted by Crippen LogP contribution is 2.28. The van der Waals surface area contributed by atoms with Gasteiger partial charge in [0.2, 0.25) is 0 Å². The summed E-state index contributed by atoms with van der Waals surface area (Å²) in [6.07, 6.45) is 4.31. The minimum absolute atomic E-state index is 0.00579. The molecule has 0 bridgehead atoms. The first-order valence-electron chi connectivity index (χ1n) is 5.93. The van der Waals surface area contributed by atoms with Crippen molar-refractivity contribution in [3.05, 3.63) is 33.4 Å². The van der Waals surface area contributed by atoms with Crippen LogP contribution in [0.2, 0.25) is 0 Å². The lowest BCUT2D eigenvalue weighted by Gasteiger charge is -2.28. The fourth-order valence-corrected chi connectivity index (χ4v) is 2.71. The topological polar surface area (TPSA) is 55.1 Å². The van der Waals surface area contributed by atoms with Gasteiger partial charge in [-0.2, -0.15) is 0 Å². The summed E-state index contributed by atoms with van der Waals surface area (Å²) in [5.41, 5.74) is 6.35. The van der Waals surface area contributed by atoms with Gasteiger partial charge in [-0.25, -0.2) is 0 Å². The molecule has 3 N–H and O–H groups in total. The first-order chi connectivity index (χ1) is 8.15. The fraction of sp³-hybridized carbons (Fsp3) is 0.462. The molecule has 1 aromatic carbocycles. The van der Waals surface area contributed by atoms with Gasteiger partial charge in [0.05, 0.1) is 5.54 Å². The average Bonchev–Trinajstić information content (AvgIpc) is 2.79. The van der Waals surface area contributed by atoms with Crippen LogP contribution in [-0.4, -0.2) is 18.0 Å². The number of hydrogen-bond donors (Lipinski definition) is 2. The van der Waals surface area contributed by atoms with Gasteiger partial charge in [-0.3, -0.25) is 4.79 Å². The van der Waals surface area contributed by atoms with Crippen molar-refractivity contribution in [1.29, 1.82) is 0 Å². The molecule has 3 nitrogen and oxygen atoms in total. The highest BCUT2D eigenvalue weighted by Gasteiger charge is 2.33. The van der Waals surface area contributed by atoms with Crippen LogP contribution in [0.3, 0.4) is 0 Å². The van der Waals surface area contributed by atoms with Gasteiger partial charge in [-0.05, 0) is 59.7 Å². The van der Waals surface area contributed by atoms with Gasteiger partial charge in [0.15, 0.2) is 0 Å². The van der Waals surface area contributed by atoms with Crippen molar-refractivity contribution in [2.45, 2.75) is 31.2 Å². The molecular formula is C13H17IN2O. The van der Waals surface area contributed by atoms with Gasteiger partial charge < -0.3 is 11.1 Å². The number of hydrogen-bond acceptors (Lipinski definition) is 2. The van der Waals surface area contributed by atoms with Crippen LogP contribution >= 0.6 is 22.6 Å². The molecule has 1 aliphatic rings. The van der Waals surface area contributed by atoms with Gasteiger partial charge in [-0.15, -0.1) is 0 Å². The van der Waals surface area contributed by atoms with Crippen LogP contribution in [0.4, 0.5) is 0 Å². The van der Waals surface area contributed by atoms with Crippen LogP contribution in [0.1, 0.15) is 36.0 Å². The van der Waals surface area contributed by atoms with Gasteiger partial charge in [0, 0.05) is 15.7 Å². The lowest BCUT2D eigenvalue weighted by Crippen LogP contribution is -2.51. The molecule has 0 aromatic heterocycles. The maximum Gasteiger partial charge on any atom is 0.251 e. The summed E-state index contributed by atoms with van der Waals surface area (Å²) < 4.78 is 1.13. The van der Waals surface area contributed by atoms with Gasteiger partial charge in [-0.1, -0.05) is 12.8 Å². The second-order valence-corrected chi connectivity index (χ2v) is 5.90. The monoisotopic (exact) mass is 344 g/mol. The lowest BCUT2D eigenvalue weighted by atomic mass is 9.97. The maximum atomic E-state index is 12.1. The van der Waals surface area contributed by atoms with Crippen LogP contribution in [0, 0.1) is 3.57 Å². The SMILES string of the molecule is NCC1(NC(=O)c2ccc(I)cc2)CCCC1. The van der Waals surface area contributed by atoms with E-state index in [1.807, 2.05) is 24.3 Å². The number of nitrogens with one attached hydrogen (secondary N) is 1. The molecule has 4 heteroatoms. The van der Waals surface area contributed by atoms with Gasteiger partial charge >= 0.3 is 0 Å². The molecule has 2 rings (SSSR count). The third-order valence-electron chi connectivity index (χ3n) is 3.44. The van der Waals surface area contributed by atoms with Crippen molar-refractivity contribution in [3.8, 4) is 0 Å². The minimum atomic E-state index is -0.167. The number of nitrogens with two attached hydrogens (primary N) is 1. The predicted octanol–water partition coefficient (Wildman–Crippen LogP) is 2.29. The molecule has 92 valence electrons. The molecule has 1 fully saturated rings. The normalized spacial score (nSPS) is 18.0. The summed E-state index contributed by atoms with van der Waals surface area (Å²) in [4.78, 5) is 12.1. The summed E-state index contributed by atoms with van der Waals surface area (Å²) >= 11 is 2.23. The second-order valence-electron chi connectivity index (χ2n) is 4.65. The Bertz CT molecular complexity index is 396. The highest BCUT2D eigenvalue weighted by atomic mass is 127. The zero-order valence-corrected chi connectivity index (χ0v) is 11.9. The summed E-state index contributed by atoms with van der Waals surface area (Å²) in [7, 11) is 0. The fourth-order valence-electron chi connectivity index (χ4n) is 2.35. The summed E-state index contributed by atoms with van der Waals surface area (Å²) in [5, 5.41) is 3.11. The number of rotatable bonds is 3. The van der Waals surface area contributed by atoms with Crippen LogP contribution in [0.15, 0.2) is 24.3 Å². The molecule has 1 amide bonds. The van der Waals surface area contributed by atoms with E-state index < -0.39 is 0 Å². The van der Waals surface area contributed by atoms with Crippen LogP contribution < -0.4 is 11.1 Å². The van der Waals surface area contributed by atoms with E-state index in [2.05, 4.69) is 27.9 Å². The molecule has 1 saturated carbocycles. The van der Waals surface area contributed by atoms with Gasteiger partial charge in [0.25, 0.3) is 5.91 Å². The molecule has 1 aromatic rings. The quantitative estimate of drug-likeness (QED) is 0.827. The van der Waals surface area contributed by atoms with Gasteiger partial charge in [0.1, 0.15) is 0 Å². The van der Waals surface area contributed by atoms with E-state index in [0.29, 0.717) is 12.1 Å². The van der Waals surface area contributed by atoms with E-state index >= 15 is 0 Å². The molecule has 0 heterocycles. The number of carbonyl (C=O) groups excluding carboxylic acids is 1. The van der Waals surface area contributed by atoms with Crippen molar-refractivity contribution in [3.63, 3.8) is 0 Å². The Balaban J connectivity index is 2.08. The first-order valence-corrected chi connectivity index (χ1v) is 7.01. The number of amides is 1. The molecule has 0 aliphatic heterocycles. The third kappa shape index (κ3) is 2.98. The molecule has 0 saturated heterocycles. The smallest absolute Gasteiger partial charge is 0.251 e. The average molecular weight is 344 g/mol. The second kappa shape index (κ2) is 5.35. The Morgan fingerprint density at radius 3 is 2.41 bits per heavy atom. The van der Waals surface area contributed by atoms with Crippen LogP contribution in [0.25, 0.3) is 0 Å². The molecule has 0 atom stereocenters. The molecule has 17 heavy (non-hydrogen) atoms. The Hall–Kier alpha value is -0.620. The van der Waals surface area contributed by atoms with Crippen LogP contribution in [0.5, 0.6) is 0 Å². The number of benzene rings is 1. The molecule has 0 unspecified atom stereocenters. The van der Waals surface area contributed by atoms with E-state index in [4.69, 9.17) is 5.73 Å². The minimum Gasteiger partial charge on any atom is -0.345 e. The number of carbonyl (C=O) groups is 1. The van der Waals surface area contributed by atoms with E-state index in [0.717, 1.165) is 29.3 Å². The predicted molar refractivity (Wildman–Crippen MR) is 76.9 cm³/mol. The molecule has 0 radical (unpaired) electrons. The molecule has 0 spiro atoms. The summed E-state index contributed by atoms with van der Waals surface area (Å²) in [6.45, 7) is 0.531.